The molecule has 10 heavy (non-hydrogen) atoms. The number of ether oxygens (including phenoxy) is 2. The molecule has 0 aromatic rings. The van der Waals surface area contributed by atoms with Crippen LogP contribution in [0.25, 0.3) is 0 Å². The third-order valence-corrected chi connectivity index (χ3v) is 1.36. The van der Waals surface area contributed by atoms with Crippen LogP contribution in [0.15, 0.2) is 0 Å². The molecule has 4 heteroatoms. The van der Waals surface area contributed by atoms with E-state index in [-0.39, 0.29) is 6.61 Å². The molecule has 1 aliphatic heterocycles. The van der Waals surface area contributed by atoms with Crippen molar-refractivity contribution >= 4 is 6.29 Å². The molecule has 0 aromatic heterocycles. The number of aliphatic hydroxyl groups is 1. The molecule has 0 radical (unpaired) electrons. The maximum absolute atomic E-state index is 10.2. The first-order valence-electron chi connectivity index (χ1n) is 3.14. The topological polar surface area (TPSA) is 55.8 Å². The van der Waals surface area contributed by atoms with Gasteiger partial charge in [-0.05, 0) is 6.92 Å². The Balaban J connectivity index is 2.45. The van der Waals surface area contributed by atoms with Crippen molar-refractivity contribution in [2.75, 3.05) is 6.61 Å². The summed E-state index contributed by atoms with van der Waals surface area (Å²) in [7, 11) is 0. The Kier molecular flexibility index (Phi) is 2.37. The van der Waals surface area contributed by atoms with Crippen molar-refractivity contribution in [2.24, 2.45) is 0 Å². The van der Waals surface area contributed by atoms with E-state index in [2.05, 4.69) is 0 Å². The molecule has 1 heterocycles. The van der Waals surface area contributed by atoms with Gasteiger partial charge >= 0.3 is 0 Å². The van der Waals surface area contributed by atoms with Crippen LogP contribution < -0.4 is 0 Å². The molecule has 1 rings (SSSR count). The summed E-state index contributed by atoms with van der Waals surface area (Å²) in [6.07, 6.45) is -1.33. The van der Waals surface area contributed by atoms with Gasteiger partial charge in [-0.2, -0.15) is 0 Å². The van der Waals surface area contributed by atoms with Gasteiger partial charge in [0.15, 0.2) is 12.6 Å². The van der Waals surface area contributed by atoms with Crippen LogP contribution in [-0.4, -0.2) is 36.5 Å². The molecule has 0 unspecified atom stereocenters. The summed E-state index contributed by atoms with van der Waals surface area (Å²) >= 11 is 0. The van der Waals surface area contributed by atoms with E-state index in [1.165, 1.54) is 0 Å². The number of rotatable bonds is 1. The standard InChI is InChI=1S/C6H10O4/c1-4-9-3-5(8)6(2-7)10-4/h2,4-6,8H,3H2,1H3/t4-,5-,6+/m1/s1. The normalized spacial score (nSPS) is 41.2. The van der Waals surface area contributed by atoms with E-state index in [1.807, 2.05) is 0 Å². The molecule has 0 aliphatic carbocycles. The van der Waals surface area contributed by atoms with Gasteiger partial charge in [0.25, 0.3) is 0 Å². The maximum Gasteiger partial charge on any atom is 0.156 e. The van der Waals surface area contributed by atoms with E-state index in [4.69, 9.17) is 14.6 Å². The van der Waals surface area contributed by atoms with E-state index in [0.29, 0.717) is 6.29 Å². The van der Waals surface area contributed by atoms with Gasteiger partial charge < -0.3 is 19.4 Å². The smallest absolute Gasteiger partial charge is 0.156 e. The summed E-state index contributed by atoms with van der Waals surface area (Å²) in [5.41, 5.74) is 0. The number of carbonyl (C=O) groups is 1. The predicted octanol–water partition coefficient (Wildman–Crippen LogP) is -0.692. The highest BCUT2D eigenvalue weighted by Gasteiger charge is 2.27. The molecule has 0 saturated carbocycles. The zero-order chi connectivity index (χ0) is 7.56. The molecular formula is C6H10O4. The highest BCUT2D eigenvalue weighted by Crippen LogP contribution is 2.10. The number of carbonyl (C=O) groups excluding carboxylic acids is 1. The van der Waals surface area contributed by atoms with Gasteiger partial charge in [0, 0.05) is 0 Å². The van der Waals surface area contributed by atoms with E-state index < -0.39 is 18.5 Å². The van der Waals surface area contributed by atoms with Crippen LogP contribution in [-0.2, 0) is 14.3 Å². The largest absolute Gasteiger partial charge is 0.388 e. The van der Waals surface area contributed by atoms with Crippen LogP contribution in [0.4, 0.5) is 0 Å². The molecular weight excluding hydrogens is 136 g/mol. The van der Waals surface area contributed by atoms with Gasteiger partial charge in [-0.3, -0.25) is 0 Å². The van der Waals surface area contributed by atoms with Crippen LogP contribution >= 0.6 is 0 Å². The molecule has 1 saturated heterocycles. The van der Waals surface area contributed by atoms with Crippen molar-refractivity contribution < 1.29 is 19.4 Å². The Bertz CT molecular complexity index is 125. The van der Waals surface area contributed by atoms with Crippen LogP contribution in [0.3, 0.4) is 0 Å². The predicted molar refractivity (Wildman–Crippen MR) is 32.4 cm³/mol. The summed E-state index contributed by atoms with van der Waals surface area (Å²) in [6.45, 7) is 1.85. The van der Waals surface area contributed by atoms with Crippen molar-refractivity contribution in [2.45, 2.75) is 25.4 Å². The first-order chi connectivity index (χ1) is 4.74. The highest BCUT2D eigenvalue weighted by molar-refractivity contribution is 5.57. The minimum atomic E-state index is -0.811. The van der Waals surface area contributed by atoms with Gasteiger partial charge in [-0.25, -0.2) is 0 Å². The summed E-state index contributed by atoms with van der Waals surface area (Å²) in [5, 5.41) is 9.01. The highest BCUT2D eigenvalue weighted by atomic mass is 16.7. The Morgan fingerprint density at radius 1 is 1.70 bits per heavy atom. The molecule has 0 bridgehead atoms. The van der Waals surface area contributed by atoms with Gasteiger partial charge in [0.1, 0.15) is 12.2 Å². The Hall–Kier alpha value is -0.450. The van der Waals surface area contributed by atoms with E-state index in [9.17, 15) is 4.79 Å². The second-order valence-electron chi connectivity index (χ2n) is 2.21. The number of hydrogen-bond acceptors (Lipinski definition) is 4. The zero-order valence-electron chi connectivity index (χ0n) is 5.69. The fourth-order valence-corrected chi connectivity index (χ4v) is 0.803. The lowest BCUT2D eigenvalue weighted by Gasteiger charge is -2.28. The van der Waals surface area contributed by atoms with Crippen molar-refractivity contribution in [3.05, 3.63) is 0 Å². The second-order valence-corrected chi connectivity index (χ2v) is 2.21. The third-order valence-electron chi connectivity index (χ3n) is 1.36. The van der Waals surface area contributed by atoms with Gasteiger partial charge in [0.05, 0.1) is 6.61 Å². The van der Waals surface area contributed by atoms with Gasteiger partial charge in [-0.15, -0.1) is 0 Å². The number of hydrogen-bond donors (Lipinski definition) is 1. The number of aldehydes is 1. The molecule has 1 aliphatic rings. The summed E-state index contributed by atoms with van der Waals surface area (Å²) in [6, 6.07) is 0. The van der Waals surface area contributed by atoms with E-state index in [0.717, 1.165) is 0 Å². The van der Waals surface area contributed by atoms with Crippen molar-refractivity contribution in [1.82, 2.24) is 0 Å². The van der Waals surface area contributed by atoms with Gasteiger partial charge in [0.2, 0.25) is 0 Å². The molecule has 3 atom stereocenters. The lowest BCUT2D eigenvalue weighted by Crippen LogP contribution is -2.43. The minimum absolute atomic E-state index is 0.171. The van der Waals surface area contributed by atoms with Crippen molar-refractivity contribution in [3.8, 4) is 0 Å². The molecule has 58 valence electrons. The van der Waals surface area contributed by atoms with Crippen LogP contribution in [0.5, 0.6) is 0 Å². The fraction of sp³-hybridized carbons (Fsp3) is 0.833. The summed E-state index contributed by atoms with van der Waals surface area (Å²) in [4.78, 5) is 10.2. The van der Waals surface area contributed by atoms with E-state index >= 15 is 0 Å². The molecule has 0 spiro atoms. The summed E-state index contributed by atoms with van der Waals surface area (Å²) in [5.74, 6) is 0. The first-order valence-corrected chi connectivity index (χ1v) is 3.14. The van der Waals surface area contributed by atoms with Crippen molar-refractivity contribution in [3.63, 3.8) is 0 Å². The minimum Gasteiger partial charge on any atom is -0.388 e. The maximum atomic E-state index is 10.2. The Labute approximate surface area is 58.7 Å². The monoisotopic (exact) mass is 146 g/mol. The molecule has 0 aromatic carbocycles. The van der Waals surface area contributed by atoms with Crippen LogP contribution in [0.2, 0.25) is 0 Å². The number of aliphatic hydroxyl groups excluding tert-OH is 1. The average Bonchev–Trinajstić information content (AvgIpc) is 1.94. The lowest BCUT2D eigenvalue weighted by atomic mass is 10.2. The average molecular weight is 146 g/mol. The SMILES string of the molecule is C[C@@H]1OC[C@@H](O)[C@H](C=O)O1. The Morgan fingerprint density at radius 3 is 2.90 bits per heavy atom. The second kappa shape index (κ2) is 3.09. The third kappa shape index (κ3) is 1.53. The molecule has 1 fully saturated rings. The first kappa shape index (κ1) is 7.65. The van der Waals surface area contributed by atoms with Crippen LogP contribution in [0, 0.1) is 0 Å². The van der Waals surface area contributed by atoms with Crippen molar-refractivity contribution in [1.29, 1.82) is 0 Å². The van der Waals surface area contributed by atoms with E-state index in [1.54, 1.807) is 6.92 Å². The fourth-order valence-electron chi connectivity index (χ4n) is 0.803. The summed E-state index contributed by atoms with van der Waals surface area (Å²) < 4.78 is 9.80. The van der Waals surface area contributed by atoms with Crippen LogP contribution in [0.1, 0.15) is 6.92 Å². The van der Waals surface area contributed by atoms with Gasteiger partial charge in [-0.1, -0.05) is 0 Å². The molecule has 4 nitrogen and oxygen atoms in total. The molecule has 1 N–H and O–H groups in total. The Morgan fingerprint density at radius 2 is 2.40 bits per heavy atom. The quantitative estimate of drug-likeness (QED) is 0.497. The lowest BCUT2D eigenvalue weighted by molar-refractivity contribution is -0.234. The zero-order valence-corrected chi connectivity index (χ0v) is 5.69. The molecule has 0 amide bonds.